The van der Waals surface area contributed by atoms with E-state index in [1.54, 1.807) is 36.4 Å². The minimum absolute atomic E-state index is 0.0892. The predicted molar refractivity (Wildman–Crippen MR) is 105 cm³/mol. The molecule has 142 valence electrons. The number of piperidine rings is 1. The Kier molecular flexibility index (Phi) is 4.88. The van der Waals surface area contributed by atoms with Crippen molar-refractivity contribution in [3.63, 3.8) is 0 Å². The van der Waals surface area contributed by atoms with Gasteiger partial charge in [-0.05, 0) is 44.1 Å². The Bertz CT molecular complexity index is 990. The van der Waals surface area contributed by atoms with Crippen LogP contribution in [0.15, 0.2) is 53.5 Å². The lowest BCUT2D eigenvalue weighted by atomic mass is 9.83. The van der Waals surface area contributed by atoms with Gasteiger partial charge in [-0.15, -0.1) is 0 Å². The SMILES string of the molecule is O=C(O)c1cccc(N=C2C(=O)c3ccccc3C(=O)C2N2CCCCC2)c1. The standard InChI is InChI=1S/C22H20N2O4/c25-20-16-9-2-3-10-17(16)21(26)19(24-11-4-1-5-12-24)18(20)23-15-8-6-7-14(13-15)22(27)28/h2-3,6-10,13,19H,1,4-5,11-12H2,(H,27,28). The maximum absolute atomic E-state index is 13.3. The van der Waals surface area contributed by atoms with Crippen molar-refractivity contribution in [2.45, 2.75) is 25.3 Å². The summed E-state index contributed by atoms with van der Waals surface area (Å²) in [7, 11) is 0. The van der Waals surface area contributed by atoms with Crippen LogP contribution in [-0.2, 0) is 0 Å². The Labute approximate surface area is 162 Å². The molecule has 1 saturated heterocycles. The molecular weight excluding hydrogens is 356 g/mol. The highest BCUT2D eigenvalue weighted by molar-refractivity contribution is 6.55. The molecule has 0 spiro atoms. The van der Waals surface area contributed by atoms with E-state index in [2.05, 4.69) is 4.99 Å². The number of fused-ring (bicyclic) bond motifs is 1. The Balaban J connectivity index is 1.84. The van der Waals surface area contributed by atoms with Crippen molar-refractivity contribution >= 4 is 28.9 Å². The lowest BCUT2D eigenvalue weighted by Crippen LogP contribution is -2.54. The lowest BCUT2D eigenvalue weighted by molar-refractivity contribution is 0.0696. The second-order valence-electron chi connectivity index (χ2n) is 7.09. The van der Waals surface area contributed by atoms with Crippen LogP contribution < -0.4 is 0 Å². The summed E-state index contributed by atoms with van der Waals surface area (Å²) in [6, 6.07) is 12.2. The third-order valence-corrected chi connectivity index (χ3v) is 5.28. The minimum Gasteiger partial charge on any atom is -0.478 e. The van der Waals surface area contributed by atoms with Crippen molar-refractivity contribution in [2.75, 3.05) is 13.1 Å². The van der Waals surface area contributed by atoms with Crippen molar-refractivity contribution in [3.8, 4) is 0 Å². The van der Waals surface area contributed by atoms with Crippen LogP contribution in [0, 0.1) is 0 Å². The number of nitrogens with zero attached hydrogens (tertiary/aromatic N) is 2. The number of carbonyl (C=O) groups is 3. The number of carbonyl (C=O) groups excluding carboxylic acids is 2. The zero-order valence-electron chi connectivity index (χ0n) is 15.3. The Morgan fingerprint density at radius 2 is 1.68 bits per heavy atom. The maximum Gasteiger partial charge on any atom is 0.335 e. The van der Waals surface area contributed by atoms with E-state index in [1.165, 1.54) is 12.1 Å². The summed E-state index contributed by atoms with van der Waals surface area (Å²) in [5, 5.41) is 9.22. The molecule has 1 atom stereocenters. The monoisotopic (exact) mass is 376 g/mol. The highest BCUT2D eigenvalue weighted by atomic mass is 16.4. The molecule has 2 aromatic carbocycles. The van der Waals surface area contributed by atoms with Crippen LogP contribution in [0.25, 0.3) is 0 Å². The molecule has 0 saturated carbocycles. The van der Waals surface area contributed by atoms with Crippen LogP contribution in [0.1, 0.15) is 50.3 Å². The number of benzene rings is 2. The topological polar surface area (TPSA) is 87.0 Å². The van der Waals surface area contributed by atoms with Gasteiger partial charge in [0.25, 0.3) is 0 Å². The van der Waals surface area contributed by atoms with E-state index in [1.807, 2.05) is 4.90 Å². The molecule has 0 aromatic heterocycles. The number of carboxylic acid groups (broad SMARTS) is 1. The van der Waals surface area contributed by atoms with Crippen LogP contribution in [0.3, 0.4) is 0 Å². The Hall–Kier alpha value is -3.12. The van der Waals surface area contributed by atoms with E-state index in [0.717, 1.165) is 32.4 Å². The van der Waals surface area contributed by atoms with Crippen molar-refractivity contribution in [1.82, 2.24) is 4.90 Å². The molecule has 1 heterocycles. The van der Waals surface area contributed by atoms with Gasteiger partial charge in [0.1, 0.15) is 11.8 Å². The van der Waals surface area contributed by atoms with E-state index in [4.69, 9.17) is 0 Å². The number of ketones is 2. The zero-order chi connectivity index (χ0) is 19.7. The normalized spacial score (nSPS) is 21.6. The molecule has 2 aromatic rings. The van der Waals surface area contributed by atoms with Gasteiger partial charge in [-0.1, -0.05) is 36.8 Å². The third-order valence-electron chi connectivity index (χ3n) is 5.28. The van der Waals surface area contributed by atoms with Crippen LogP contribution in [0.4, 0.5) is 5.69 Å². The first-order valence-corrected chi connectivity index (χ1v) is 9.40. The molecular formula is C22H20N2O4. The fourth-order valence-electron chi connectivity index (χ4n) is 3.90. The van der Waals surface area contributed by atoms with Gasteiger partial charge < -0.3 is 5.11 Å². The number of hydrogen-bond donors (Lipinski definition) is 1. The Morgan fingerprint density at radius 3 is 2.39 bits per heavy atom. The summed E-state index contributed by atoms with van der Waals surface area (Å²) in [5.41, 5.74) is 1.41. The molecule has 28 heavy (non-hydrogen) atoms. The summed E-state index contributed by atoms with van der Waals surface area (Å²) < 4.78 is 0. The molecule has 2 aliphatic rings. The highest BCUT2D eigenvalue weighted by Gasteiger charge is 2.41. The van der Waals surface area contributed by atoms with Gasteiger partial charge in [0.15, 0.2) is 5.78 Å². The fraction of sp³-hybridized carbons (Fsp3) is 0.273. The number of Topliss-reactive ketones (excluding diaryl/α,β-unsaturated/α-hetero) is 2. The summed E-state index contributed by atoms with van der Waals surface area (Å²) >= 11 is 0. The van der Waals surface area contributed by atoms with Gasteiger partial charge >= 0.3 is 5.97 Å². The molecule has 6 nitrogen and oxygen atoms in total. The van der Waals surface area contributed by atoms with E-state index in [9.17, 15) is 19.5 Å². The van der Waals surface area contributed by atoms with E-state index < -0.39 is 12.0 Å². The van der Waals surface area contributed by atoms with Gasteiger partial charge in [0.2, 0.25) is 5.78 Å². The maximum atomic E-state index is 13.3. The average molecular weight is 376 g/mol. The molecule has 1 fully saturated rings. The third kappa shape index (κ3) is 3.27. The number of hydrogen-bond acceptors (Lipinski definition) is 5. The Morgan fingerprint density at radius 1 is 0.964 bits per heavy atom. The summed E-state index contributed by atoms with van der Waals surface area (Å²) in [6.07, 6.45) is 3.05. The second-order valence-corrected chi connectivity index (χ2v) is 7.09. The van der Waals surface area contributed by atoms with Crippen molar-refractivity contribution in [1.29, 1.82) is 0 Å². The van der Waals surface area contributed by atoms with Crippen LogP contribution >= 0.6 is 0 Å². The van der Waals surface area contributed by atoms with Gasteiger partial charge in [0, 0.05) is 11.1 Å². The van der Waals surface area contributed by atoms with Crippen LogP contribution in [-0.4, -0.2) is 52.4 Å². The van der Waals surface area contributed by atoms with Crippen LogP contribution in [0.5, 0.6) is 0 Å². The number of rotatable bonds is 3. The van der Waals surface area contributed by atoms with Gasteiger partial charge in [-0.3, -0.25) is 14.5 Å². The van der Waals surface area contributed by atoms with E-state index in [0.29, 0.717) is 16.8 Å². The largest absolute Gasteiger partial charge is 0.478 e. The summed E-state index contributed by atoms with van der Waals surface area (Å²) in [5.74, 6) is -1.46. The predicted octanol–water partition coefficient (Wildman–Crippen LogP) is 3.39. The first kappa shape index (κ1) is 18.3. The van der Waals surface area contributed by atoms with Crippen molar-refractivity contribution < 1.29 is 19.5 Å². The number of likely N-dealkylation sites (tertiary alicyclic amines) is 1. The first-order valence-electron chi connectivity index (χ1n) is 9.40. The molecule has 1 aliphatic carbocycles. The number of aromatic carboxylic acids is 1. The van der Waals surface area contributed by atoms with Gasteiger partial charge in [-0.2, -0.15) is 0 Å². The number of carboxylic acids is 1. The van der Waals surface area contributed by atoms with Crippen LogP contribution in [0.2, 0.25) is 0 Å². The molecule has 1 aliphatic heterocycles. The molecule has 1 N–H and O–H groups in total. The molecule has 4 rings (SSSR count). The molecule has 0 amide bonds. The fourth-order valence-corrected chi connectivity index (χ4v) is 3.90. The molecule has 1 unspecified atom stereocenters. The number of aliphatic imine (C=N–C) groups is 1. The highest BCUT2D eigenvalue weighted by Crippen LogP contribution is 2.27. The smallest absolute Gasteiger partial charge is 0.335 e. The summed E-state index contributed by atoms with van der Waals surface area (Å²) in [4.78, 5) is 44.3. The average Bonchev–Trinajstić information content (AvgIpc) is 2.73. The van der Waals surface area contributed by atoms with Gasteiger partial charge in [-0.25, -0.2) is 9.79 Å². The first-order chi connectivity index (χ1) is 13.6. The van der Waals surface area contributed by atoms with E-state index >= 15 is 0 Å². The lowest BCUT2D eigenvalue weighted by Gasteiger charge is -2.36. The zero-order valence-corrected chi connectivity index (χ0v) is 15.3. The molecule has 6 heteroatoms. The quantitative estimate of drug-likeness (QED) is 0.887. The minimum atomic E-state index is -1.06. The molecule has 0 bridgehead atoms. The van der Waals surface area contributed by atoms with Crippen molar-refractivity contribution in [3.05, 3.63) is 65.2 Å². The summed E-state index contributed by atoms with van der Waals surface area (Å²) in [6.45, 7) is 1.47. The van der Waals surface area contributed by atoms with Crippen molar-refractivity contribution in [2.24, 2.45) is 4.99 Å². The second kappa shape index (κ2) is 7.48. The molecule has 0 radical (unpaired) electrons. The van der Waals surface area contributed by atoms with E-state index in [-0.39, 0.29) is 22.8 Å². The van der Waals surface area contributed by atoms with Gasteiger partial charge in [0.05, 0.1) is 11.3 Å².